The third-order valence-electron chi connectivity index (χ3n) is 6.10. The van der Waals surface area contributed by atoms with E-state index in [0.29, 0.717) is 17.8 Å². The predicted molar refractivity (Wildman–Crippen MR) is 124 cm³/mol. The van der Waals surface area contributed by atoms with Crippen molar-refractivity contribution in [2.75, 3.05) is 13.1 Å². The van der Waals surface area contributed by atoms with E-state index in [-0.39, 0.29) is 0 Å². The van der Waals surface area contributed by atoms with Crippen molar-refractivity contribution in [2.24, 2.45) is 12.0 Å². The molecule has 0 atom stereocenters. The lowest BCUT2D eigenvalue weighted by Crippen LogP contribution is -2.48. The molecule has 162 valence electrons. The molecule has 1 N–H and O–H groups in total. The van der Waals surface area contributed by atoms with E-state index >= 15 is 0 Å². The Labute approximate surface area is 188 Å². The lowest BCUT2D eigenvalue weighted by Gasteiger charge is -2.35. The molecular formula is C22H31ClN6S. The summed E-state index contributed by atoms with van der Waals surface area (Å²) in [5, 5.41) is 13.6. The molecule has 4 rings (SSSR count). The van der Waals surface area contributed by atoms with Crippen molar-refractivity contribution >= 4 is 29.3 Å². The molecule has 0 spiro atoms. The number of nitrogens with one attached hydrogen (secondary N) is 1. The molecule has 1 aromatic carbocycles. The average molecular weight is 447 g/mol. The Kier molecular flexibility index (Phi) is 7.20. The maximum absolute atomic E-state index is 6.02. The maximum atomic E-state index is 6.02. The highest BCUT2D eigenvalue weighted by Gasteiger charge is 2.25. The largest absolute Gasteiger partial charge is 0.353 e. The summed E-state index contributed by atoms with van der Waals surface area (Å²) in [6.45, 7) is 4.59. The molecule has 0 amide bonds. The SMILES string of the molecule is Cc1nnc(CN=C(NC2CCCC2)N2CCC(Sc3ccc(Cl)cc3)CC2)n1C. The average Bonchev–Trinajstić information content (AvgIpc) is 3.38. The van der Waals surface area contributed by atoms with Crippen molar-refractivity contribution in [3.8, 4) is 0 Å². The number of aliphatic imine (C=N–C) groups is 1. The molecule has 0 radical (unpaired) electrons. The first-order valence-corrected chi connectivity index (χ1v) is 12.2. The molecule has 2 aromatic rings. The summed E-state index contributed by atoms with van der Waals surface area (Å²) in [6.07, 6.45) is 7.42. The van der Waals surface area contributed by atoms with Crippen LogP contribution in [0.15, 0.2) is 34.2 Å². The minimum absolute atomic E-state index is 0.547. The van der Waals surface area contributed by atoms with Gasteiger partial charge in [-0.2, -0.15) is 0 Å². The van der Waals surface area contributed by atoms with Crippen LogP contribution >= 0.6 is 23.4 Å². The normalized spacial score (nSPS) is 18.9. The van der Waals surface area contributed by atoms with Gasteiger partial charge in [0.1, 0.15) is 12.4 Å². The van der Waals surface area contributed by atoms with Gasteiger partial charge in [-0.25, -0.2) is 4.99 Å². The first kappa shape index (κ1) is 21.5. The Bertz CT molecular complexity index is 851. The number of rotatable bonds is 5. The van der Waals surface area contributed by atoms with Crippen LogP contribution in [0.2, 0.25) is 5.02 Å². The van der Waals surface area contributed by atoms with E-state index in [1.807, 2.05) is 42.4 Å². The quantitative estimate of drug-likeness (QED) is 0.544. The fourth-order valence-corrected chi connectivity index (χ4v) is 5.37. The number of hydrogen-bond acceptors (Lipinski definition) is 4. The highest BCUT2D eigenvalue weighted by molar-refractivity contribution is 8.00. The molecule has 1 saturated heterocycles. The molecule has 1 saturated carbocycles. The number of benzene rings is 1. The van der Waals surface area contributed by atoms with Crippen LogP contribution in [-0.4, -0.2) is 50.0 Å². The molecule has 1 aliphatic heterocycles. The minimum Gasteiger partial charge on any atom is -0.353 e. The Hall–Kier alpha value is -1.73. The van der Waals surface area contributed by atoms with Gasteiger partial charge in [0.05, 0.1) is 0 Å². The van der Waals surface area contributed by atoms with Gasteiger partial charge in [-0.15, -0.1) is 22.0 Å². The molecule has 2 fully saturated rings. The van der Waals surface area contributed by atoms with Gasteiger partial charge in [0.25, 0.3) is 0 Å². The number of aryl methyl sites for hydroxylation is 1. The lowest BCUT2D eigenvalue weighted by molar-refractivity contribution is 0.332. The van der Waals surface area contributed by atoms with Crippen LogP contribution in [0.5, 0.6) is 0 Å². The monoisotopic (exact) mass is 446 g/mol. The maximum Gasteiger partial charge on any atom is 0.194 e. The summed E-state index contributed by atoms with van der Waals surface area (Å²) in [5.74, 6) is 2.87. The van der Waals surface area contributed by atoms with Crippen LogP contribution in [0.25, 0.3) is 0 Å². The summed E-state index contributed by atoms with van der Waals surface area (Å²) in [5.41, 5.74) is 0. The second-order valence-electron chi connectivity index (χ2n) is 8.25. The Morgan fingerprint density at radius 3 is 2.47 bits per heavy atom. The van der Waals surface area contributed by atoms with Gasteiger partial charge < -0.3 is 14.8 Å². The number of guanidine groups is 1. The minimum atomic E-state index is 0.547. The Morgan fingerprint density at radius 2 is 1.83 bits per heavy atom. The topological polar surface area (TPSA) is 58.3 Å². The lowest BCUT2D eigenvalue weighted by atomic mass is 10.1. The number of hydrogen-bond donors (Lipinski definition) is 1. The molecule has 6 nitrogen and oxygen atoms in total. The highest BCUT2D eigenvalue weighted by atomic mass is 35.5. The molecular weight excluding hydrogens is 416 g/mol. The second kappa shape index (κ2) is 10.1. The van der Waals surface area contributed by atoms with E-state index in [9.17, 15) is 0 Å². The van der Waals surface area contributed by atoms with Crippen LogP contribution < -0.4 is 5.32 Å². The van der Waals surface area contributed by atoms with Crippen LogP contribution in [0.3, 0.4) is 0 Å². The predicted octanol–water partition coefficient (Wildman–Crippen LogP) is 4.42. The molecule has 30 heavy (non-hydrogen) atoms. The van der Waals surface area contributed by atoms with Gasteiger partial charge in [0, 0.05) is 41.3 Å². The van der Waals surface area contributed by atoms with E-state index in [1.54, 1.807) is 0 Å². The molecule has 2 heterocycles. The highest BCUT2D eigenvalue weighted by Crippen LogP contribution is 2.31. The van der Waals surface area contributed by atoms with Crippen LogP contribution in [-0.2, 0) is 13.6 Å². The molecule has 1 aliphatic carbocycles. The van der Waals surface area contributed by atoms with Crippen LogP contribution in [0.1, 0.15) is 50.2 Å². The van der Waals surface area contributed by atoms with Crippen molar-refractivity contribution in [1.29, 1.82) is 0 Å². The fourth-order valence-electron chi connectivity index (χ4n) is 4.12. The number of likely N-dealkylation sites (tertiary alicyclic amines) is 1. The first-order chi connectivity index (χ1) is 14.6. The van der Waals surface area contributed by atoms with Gasteiger partial charge >= 0.3 is 0 Å². The van der Waals surface area contributed by atoms with E-state index in [0.717, 1.165) is 48.6 Å². The number of aromatic nitrogens is 3. The van der Waals surface area contributed by atoms with Crippen LogP contribution in [0.4, 0.5) is 0 Å². The van der Waals surface area contributed by atoms with Crippen molar-refractivity contribution in [3.05, 3.63) is 40.9 Å². The fraction of sp³-hybridized carbons (Fsp3) is 0.591. The third kappa shape index (κ3) is 5.49. The van der Waals surface area contributed by atoms with Gasteiger partial charge in [0.15, 0.2) is 11.8 Å². The molecule has 8 heteroatoms. The molecule has 0 unspecified atom stereocenters. The second-order valence-corrected chi connectivity index (χ2v) is 10.1. The zero-order chi connectivity index (χ0) is 20.9. The van der Waals surface area contributed by atoms with Crippen molar-refractivity contribution < 1.29 is 0 Å². The van der Waals surface area contributed by atoms with Gasteiger partial charge in [-0.3, -0.25) is 0 Å². The Morgan fingerprint density at radius 1 is 1.13 bits per heavy atom. The molecule has 2 aliphatic rings. The number of piperidine rings is 1. The van der Waals surface area contributed by atoms with Gasteiger partial charge in [0.2, 0.25) is 0 Å². The van der Waals surface area contributed by atoms with E-state index in [1.165, 1.54) is 30.6 Å². The van der Waals surface area contributed by atoms with Crippen molar-refractivity contribution in [3.63, 3.8) is 0 Å². The Balaban J connectivity index is 1.38. The summed E-state index contributed by atoms with van der Waals surface area (Å²) in [4.78, 5) is 8.69. The summed E-state index contributed by atoms with van der Waals surface area (Å²) in [7, 11) is 2.00. The number of halogens is 1. The van der Waals surface area contributed by atoms with E-state index < -0.39 is 0 Å². The van der Waals surface area contributed by atoms with Gasteiger partial charge in [-0.1, -0.05) is 24.4 Å². The molecule has 1 aromatic heterocycles. The standard InChI is InChI=1S/C22H31ClN6S/c1-16-26-27-21(28(16)2)15-24-22(25-18-5-3-4-6-18)29-13-11-20(12-14-29)30-19-9-7-17(23)8-10-19/h7-10,18,20H,3-6,11-15H2,1-2H3,(H,24,25). The zero-order valence-corrected chi connectivity index (χ0v) is 19.4. The summed E-state index contributed by atoms with van der Waals surface area (Å²) >= 11 is 7.98. The first-order valence-electron chi connectivity index (χ1n) is 10.9. The van der Waals surface area contributed by atoms with Gasteiger partial charge in [-0.05, 0) is 56.9 Å². The third-order valence-corrected chi connectivity index (χ3v) is 7.70. The smallest absolute Gasteiger partial charge is 0.194 e. The zero-order valence-electron chi connectivity index (χ0n) is 17.9. The van der Waals surface area contributed by atoms with Crippen molar-refractivity contribution in [1.82, 2.24) is 25.0 Å². The number of nitrogens with zero attached hydrogens (tertiary/aromatic N) is 5. The van der Waals surface area contributed by atoms with E-state index in [2.05, 4.69) is 32.5 Å². The van der Waals surface area contributed by atoms with E-state index in [4.69, 9.17) is 16.6 Å². The van der Waals surface area contributed by atoms with Crippen LogP contribution in [0, 0.1) is 6.92 Å². The van der Waals surface area contributed by atoms with Crippen molar-refractivity contribution in [2.45, 2.75) is 68.2 Å². The summed E-state index contributed by atoms with van der Waals surface area (Å²) < 4.78 is 2.02. The summed E-state index contributed by atoms with van der Waals surface area (Å²) in [6, 6.07) is 8.74. The number of thioether (sulfide) groups is 1. The molecule has 0 bridgehead atoms.